The molecular weight excluding hydrogens is 346 g/mol. The van der Waals surface area contributed by atoms with Gasteiger partial charge in [-0.05, 0) is 43.9 Å². The van der Waals surface area contributed by atoms with Gasteiger partial charge in [0, 0.05) is 35.5 Å². The molecule has 0 saturated heterocycles. The maximum absolute atomic E-state index is 13.1. The standard InChI is InChI=1S/C24H29N3O/c28-24(26-21-10-5-7-17-6-1-2-8-18(17)21)16-27-22-11-4-3-9-19(22)20-12-14-25-15-13-23(20)27/h3-5,7,9-11,18,21,25H,1-2,6,8,12-16H2,(H,26,28). The zero-order chi connectivity index (χ0) is 18.9. The SMILES string of the molecule is O=C(Cn1c2c(c3ccccc31)CCNCC2)NC1C=CC=C2CCCCC21. The average Bonchev–Trinajstić information content (AvgIpc) is 2.87. The van der Waals surface area contributed by atoms with Crippen LogP contribution in [0.5, 0.6) is 0 Å². The summed E-state index contributed by atoms with van der Waals surface area (Å²) in [5, 5.41) is 8.14. The smallest absolute Gasteiger partial charge is 0.240 e. The molecule has 0 radical (unpaired) electrons. The summed E-state index contributed by atoms with van der Waals surface area (Å²) in [6, 6.07) is 8.70. The molecule has 2 aliphatic carbocycles. The van der Waals surface area contributed by atoms with Crippen molar-refractivity contribution < 1.29 is 4.79 Å². The lowest BCUT2D eigenvalue weighted by atomic mass is 9.77. The average molecular weight is 376 g/mol. The Morgan fingerprint density at radius 3 is 3.00 bits per heavy atom. The van der Waals surface area contributed by atoms with Crippen LogP contribution in [0.15, 0.2) is 48.1 Å². The number of benzene rings is 1. The first-order valence-corrected chi connectivity index (χ1v) is 10.8. The first-order chi connectivity index (χ1) is 13.8. The summed E-state index contributed by atoms with van der Waals surface area (Å²) in [7, 11) is 0. The van der Waals surface area contributed by atoms with E-state index in [4.69, 9.17) is 0 Å². The Labute approximate surface area is 166 Å². The Morgan fingerprint density at radius 2 is 2.04 bits per heavy atom. The van der Waals surface area contributed by atoms with Crippen molar-refractivity contribution in [3.63, 3.8) is 0 Å². The number of para-hydroxylation sites is 1. The summed E-state index contributed by atoms with van der Waals surface area (Å²) >= 11 is 0. The highest BCUT2D eigenvalue weighted by molar-refractivity contribution is 5.88. The van der Waals surface area contributed by atoms with Crippen molar-refractivity contribution in [1.82, 2.24) is 15.2 Å². The predicted molar refractivity (Wildman–Crippen MR) is 113 cm³/mol. The lowest BCUT2D eigenvalue weighted by Crippen LogP contribution is -2.43. The van der Waals surface area contributed by atoms with Crippen LogP contribution in [-0.2, 0) is 24.2 Å². The molecule has 1 saturated carbocycles. The van der Waals surface area contributed by atoms with Crippen LogP contribution in [0.25, 0.3) is 10.9 Å². The van der Waals surface area contributed by atoms with Crippen LogP contribution in [0, 0.1) is 5.92 Å². The van der Waals surface area contributed by atoms with Gasteiger partial charge in [-0.2, -0.15) is 0 Å². The summed E-state index contributed by atoms with van der Waals surface area (Å²) in [6.07, 6.45) is 13.5. The highest BCUT2D eigenvalue weighted by Crippen LogP contribution is 2.34. The van der Waals surface area contributed by atoms with Gasteiger partial charge in [0.2, 0.25) is 5.91 Å². The van der Waals surface area contributed by atoms with Crippen LogP contribution in [0.4, 0.5) is 0 Å². The van der Waals surface area contributed by atoms with Gasteiger partial charge in [-0.3, -0.25) is 4.79 Å². The Balaban J connectivity index is 1.40. The van der Waals surface area contributed by atoms with Crippen molar-refractivity contribution in [2.75, 3.05) is 13.1 Å². The van der Waals surface area contributed by atoms with Gasteiger partial charge in [-0.15, -0.1) is 0 Å². The number of hydrogen-bond acceptors (Lipinski definition) is 2. The molecule has 0 spiro atoms. The molecule has 1 amide bonds. The molecule has 2 unspecified atom stereocenters. The fourth-order valence-electron chi connectivity index (χ4n) is 5.36. The second-order valence-corrected chi connectivity index (χ2v) is 8.35. The molecule has 1 aromatic heterocycles. The van der Waals surface area contributed by atoms with Gasteiger partial charge in [-0.25, -0.2) is 0 Å². The first-order valence-electron chi connectivity index (χ1n) is 10.8. The molecule has 146 valence electrons. The third kappa shape index (κ3) is 3.20. The van der Waals surface area contributed by atoms with E-state index in [2.05, 4.69) is 57.7 Å². The van der Waals surface area contributed by atoms with Gasteiger partial charge >= 0.3 is 0 Å². The van der Waals surface area contributed by atoms with Crippen molar-refractivity contribution in [1.29, 1.82) is 0 Å². The number of nitrogens with zero attached hydrogens (tertiary/aromatic N) is 1. The van der Waals surface area contributed by atoms with Gasteiger partial charge in [0.15, 0.2) is 0 Å². The minimum atomic E-state index is 0.127. The van der Waals surface area contributed by atoms with Gasteiger partial charge in [-0.1, -0.05) is 48.4 Å². The van der Waals surface area contributed by atoms with Crippen molar-refractivity contribution in [3.05, 3.63) is 59.3 Å². The van der Waals surface area contributed by atoms with E-state index in [1.807, 2.05) is 0 Å². The molecule has 2 N–H and O–H groups in total. The highest BCUT2D eigenvalue weighted by Gasteiger charge is 2.29. The molecule has 0 bridgehead atoms. The van der Waals surface area contributed by atoms with Crippen LogP contribution in [0.3, 0.4) is 0 Å². The highest BCUT2D eigenvalue weighted by atomic mass is 16.2. The van der Waals surface area contributed by atoms with Crippen molar-refractivity contribution >= 4 is 16.8 Å². The van der Waals surface area contributed by atoms with E-state index >= 15 is 0 Å². The molecule has 5 rings (SSSR count). The molecule has 28 heavy (non-hydrogen) atoms. The summed E-state index contributed by atoms with van der Waals surface area (Å²) in [5.74, 6) is 0.618. The number of aromatic nitrogens is 1. The number of carbonyl (C=O) groups excluding carboxylic acids is 1. The van der Waals surface area contributed by atoms with Gasteiger partial charge in [0.25, 0.3) is 0 Å². The molecular formula is C24H29N3O. The maximum atomic E-state index is 13.1. The van der Waals surface area contributed by atoms with E-state index in [0.717, 1.165) is 25.9 Å². The number of hydrogen-bond donors (Lipinski definition) is 2. The molecule has 2 aromatic rings. The Kier molecular flexibility index (Phi) is 4.81. The quantitative estimate of drug-likeness (QED) is 0.862. The zero-order valence-corrected chi connectivity index (χ0v) is 16.4. The molecule has 2 heterocycles. The molecule has 1 fully saturated rings. The fourth-order valence-corrected chi connectivity index (χ4v) is 5.36. The monoisotopic (exact) mass is 375 g/mol. The Hall–Kier alpha value is -2.33. The molecule has 2 atom stereocenters. The van der Waals surface area contributed by atoms with Gasteiger partial charge in [0.1, 0.15) is 6.54 Å². The lowest BCUT2D eigenvalue weighted by Gasteiger charge is -2.33. The number of amides is 1. The number of nitrogens with one attached hydrogen (secondary N) is 2. The minimum absolute atomic E-state index is 0.127. The van der Waals surface area contributed by atoms with Crippen molar-refractivity contribution in [3.8, 4) is 0 Å². The van der Waals surface area contributed by atoms with Crippen LogP contribution < -0.4 is 10.6 Å². The van der Waals surface area contributed by atoms with Gasteiger partial charge in [0.05, 0.1) is 6.04 Å². The van der Waals surface area contributed by atoms with E-state index in [-0.39, 0.29) is 11.9 Å². The molecule has 1 aliphatic heterocycles. The minimum Gasteiger partial charge on any atom is -0.348 e. The van der Waals surface area contributed by atoms with Crippen LogP contribution >= 0.6 is 0 Å². The third-order valence-corrected chi connectivity index (χ3v) is 6.68. The Morgan fingerprint density at radius 1 is 1.14 bits per heavy atom. The second-order valence-electron chi connectivity index (χ2n) is 8.35. The zero-order valence-electron chi connectivity index (χ0n) is 16.4. The summed E-state index contributed by atoms with van der Waals surface area (Å²) in [4.78, 5) is 13.1. The Bertz CT molecular complexity index is 952. The number of carbonyl (C=O) groups is 1. The number of allylic oxidation sites excluding steroid dienone is 2. The maximum Gasteiger partial charge on any atom is 0.240 e. The molecule has 4 nitrogen and oxygen atoms in total. The van der Waals surface area contributed by atoms with Crippen LogP contribution in [-0.4, -0.2) is 29.6 Å². The molecule has 3 aliphatic rings. The number of rotatable bonds is 3. The van der Waals surface area contributed by atoms with E-state index < -0.39 is 0 Å². The summed E-state index contributed by atoms with van der Waals surface area (Å²) in [5.41, 5.74) is 5.47. The number of fused-ring (bicyclic) bond motifs is 4. The fraction of sp³-hybridized carbons (Fsp3) is 0.458. The van der Waals surface area contributed by atoms with Crippen LogP contribution in [0.1, 0.15) is 36.9 Å². The predicted octanol–water partition coefficient (Wildman–Crippen LogP) is 3.50. The molecule has 4 heteroatoms. The summed E-state index contributed by atoms with van der Waals surface area (Å²) in [6.45, 7) is 2.40. The van der Waals surface area contributed by atoms with E-state index in [0.29, 0.717) is 12.5 Å². The third-order valence-electron chi connectivity index (χ3n) is 6.68. The van der Waals surface area contributed by atoms with E-state index in [1.165, 1.54) is 53.4 Å². The van der Waals surface area contributed by atoms with E-state index in [9.17, 15) is 4.79 Å². The van der Waals surface area contributed by atoms with Crippen LogP contribution in [0.2, 0.25) is 0 Å². The largest absolute Gasteiger partial charge is 0.348 e. The lowest BCUT2D eigenvalue weighted by molar-refractivity contribution is -0.122. The molecule has 1 aromatic carbocycles. The van der Waals surface area contributed by atoms with Crippen molar-refractivity contribution in [2.45, 2.75) is 51.1 Å². The first kappa shape index (κ1) is 17.7. The van der Waals surface area contributed by atoms with E-state index in [1.54, 1.807) is 0 Å². The van der Waals surface area contributed by atoms with Crippen molar-refractivity contribution in [2.24, 2.45) is 5.92 Å². The van der Waals surface area contributed by atoms with Gasteiger partial charge < -0.3 is 15.2 Å². The topological polar surface area (TPSA) is 46.1 Å². The summed E-state index contributed by atoms with van der Waals surface area (Å²) < 4.78 is 2.26. The normalized spacial score (nSPS) is 24.2. The second kappa shape index (κ2) is 7.59.